The van der Waals surface area contributed by atoms with Crippen LogP contribution in [0.3, 0.4) is 0 Å². The average Bonchev–Trinajstić information content (AvgIpc) is 2.43. The minimum atomic E-state index is 0.685. The summed E-state index contributed by atoms with van der Waals surface area (Å²) in [7, 11) is 0. The van der Waals surface area contributed by atoms with E-state index in [9.17, 15) is 0 Å². The number of nitrogen functional groups attached to an aromatic ring is 1. The van der Waals surface area contributed by atoms with E-state index in [1.54, 1.807) is 0 Å². The topological polar surface area (TPSA) is 60.2 Å². The number of rotatable bonds is 6. The Hall–Kier alpha value is -2.23. The highest BCUT2D eigenvalue weighted by Crippen LogP contribution is 2.12. The van der Waals surface area contributed by atoms with Crippen molar-refractivity contribution in [3.05, 3.63) is 48.2 Å². The van der Waals surface area contributed by atoms with Crippen LogP contribution in [0, 0.1) is 6.92 Å². The van der Waals surface area contributed by atoms with Crippen molar-refractivity contribution in [1.82, 2.24) is 4.98 Å². The fourth-order valence-electron chi connectivity index (χ4n) is 1.67. The van der Waals surface area contributed by atoms with Gasteiger partial charge in [0, 0.05) is 6.54 Å². The van der Waals surface area contributed by atoms with Gasteiger partial charge in [-0.2, -0.15) is 0 Å². The van der Waals surface area contributed by atoms with Crippen LogP contribution < -0.4 is 15.8 Å². The molecule has 19 heavy (non-hydrogen) atoms. The molecule has 0 fully saturated rings. The predicted molar refractivity (Wildman–Crippen MR) is 78.4 cm³/mol. The molecule has 0 amide bonds. The van der Waals surface area contributed by atoms with Crippen LogP contribution >= 0.6 is 0 Å². The van der Waals surface area contributed by atoms with Crippen molar-refractivity contribution in [2.45, 2.75) is 13.3 Å². The summed E-state index contributed by atoms with van der Waals surface area (Å²) in [4.78, 5) is 4.35. The Morgan fingerprint density at radius 2 is 1.95 bits per heavy atom. The highest BCUT2D eigenvalue weighted by molar-refractivity contribution is 5.48. The SMILES string of the molecule is Cc1nc(NCCCOc2ccccc2)ccc1N. The van der Waals surface area contributed by atoms with Crippen LogP contribution in [0.5, 0.6) is 5.75 Å². The van der Waals surface area contributed by atoms with Crippen molar-refractivity contribution in [2.24, 2.45) is 0 Å². The lowest BCUT2D eigenvalue weighted by atomic mass is 10.3. The van der Waals surface area contributed by atoms with Gasteiger partial charge in [0.25, 0.3) is 0 Å². The smallest absolute Gasteiger partial charge is 0.126 e. The van der Waals surface area contributed by atoms with Gasteiger partial charge in [-0.3, -0.25) is 0 Å². The zero-order valence-electron chi connectivity index (χ0n) is 11.1. The molecule has 0 aliphatic rings. The third-order valence-electron chi connectivity index (χ3n) is 2.77. The minimum absolute atomic E-state index is 0.685. The minimum Gasteiger partial charge on any atom is -0.494 e. The Morgan fingerprint density at radius 1 is 1.16 bits per heavy atom. The van der Waals surface area contributed by atoms with E-state index in [0.29, 0.717) is 6.61 Å². The Morgan fingerprint density at radius 3 is 2.68 bits per heavy atom. The molecule has 3 N–H and O–H groups in total. The van der Waals surface area contributed by atoms with Crippen molar-refractivity contribution in [3.63, 3.8) is 0 Å². The Labute approximate surface area is 113 Å². The number of nitrogens with zero attached hydrogens (tertiary/aromatic N) is 1. The summed E-state index contributed by atoms with van der Waals surface area (Å²) in [6.07, 6.45) is 0.917. The highest BCUT2D eigenvalue weighted by Gasteiger charge is 1.98. The van der Waals surface area contributed by atoms with Gasteiger partial charge in [0.05, 0.1) is 18.0 Å². The van der Waals surface area contributed by atoms with E-state index < -0.39 is 0 Å². The molecule has 1 aromatic heterocycles. The summed E-state index contributed by atoms with van der Waals surface area (Å²) in [5, 5.41) is 3.25. The van der Waals surface area contributed by atoms with E-state index in [0.717, 1.165) is 35.9 Å². The number of para-hydroxylation sites is 1. The van der Waals surface area contributed by atoms with E-state index in [1.165, 1.54) is 0 Å². The fourth-order valence-corrected chi connectivity index (χ4v) is 1.67. The van der Waals surface area contributed by atoms with E-state index in [1.807, 2.05) is 49.4 Å². The summed E-state index contributed by atoms with van der Waals surface area (Å²) < 4.78 is 5.61. The van der Waals surface area contributed by atoms with E-state index in [4.69, 9.17) is 10.5 Å². The summed E-state index contributed by atoms with van der Waals surface area (Å²) in [5.41, 5.74) is 7.29. The van der Waals surface area contributed by atoms with Crippen LogP contribution in [0.4, 0.5) is 11.5 Å². The summed E-state index contributed by atoms with van der Waals surface area (Å²) in [6, 6.07) is 13.6. The molecule has 100 valence electrons. The number of aromatic nitrogens is 1. The lowest BCUT2D eigenvalue weighted by Crippen LogP contribution is -2.09. The van der Waals surface area contributed by atoms with Gasteiger partial charge < -0.3 is 15.8 Å². The average molecular weight is 257 g/mol. The van der Waals surface area contributed by atoms with E-state index in [-0.39, 0.29) is 0 Å². The number of benzene rings is 1. The number of hydrogen-bond acceptors (Lipinski definition) is 4. The number of hydrogen-bond donors (Lipinski definition) is 2. The third kappa shape index (κ3) is 4.17. The van der Waals surface area contributed by atoms with Crippen molar-refractivity contribution >= 4 is 11.5 Å². The monoisotopic (exact) mass is 257 g/mol. The number of anilines is 2. The molecule has 1 aromatic carbocycles. The molecule has 0 unspecified atom stereocenters. The maximum atomic E-state index is 5.72. The van der Waals surface area contributed by atoms with Crippen molar-refractivity contribution < 1.29 is 4.74 Å². The zero-order valence-corrected chi connectivity index (χ0v) is 11.1. The number of aryl methyl sites for hydroxylation is 1. The molecular formula is C15H19N3O. The summed E-state index contributed by atoms with van der Waals surface area (Å²) in [5.74, 6) is 1.76. The highest BCUT2D eigenvalue weighted by atomic mass is 16.5. The second-order valence-corrected chi connectivity index (χ2v) is 4.31. The molecule has 0 spiro atoms. The Bertz CT molecular complexity index is 514. The molecular weight excluding hydrogens is 238 g/mol. The van der Waals surface area contributed by atoms with Gasteiger partial charge in [-0.05, 0) is 37.6 Å². The maximum Gasteiger partial charge on any atom is 0.126 e. The van der Waals surface area contributed by atoms with E-state index in [2.05, 4.69) is 10.3 Å². The molecule has 0 saturated carbocycles. The third-order valence-corrected chi connectivity index (χ3v) is 2.77. The predicted octanol–water partition coefficient (Wildman–Crippen LogP) is 2.85. The van der Waals surface area contributed by atoms with Crippen molar-refractivity contribution in [2.75, 3.05) is 24.2 Å². The fraction of sp³-hybridized carbons (Fsp3) is 0.267. The van der Waals surface area contributed by atoms with Crippen LogP contribution in [0.1, 0.15) is 12.1 Å². The molecule has 0 saturated heterocycles. The van der Waals surface area contributed by atoms with E-state index >= 15 is 0 Å². The molecule has 0 atom stereocenters. The largest absolute Gasteiger partial charge is 0.494 e. The van der Waals surface area contributed by atoms with Gasteiger partial charge in [-0.25, -0.2) is 4.98 Å². The second kappa shape index (κ2) is 6.64. The van der Waals surface area contributed by atoms with Gasteiger partial charge in [0.1, 0.15) is 11.6 Å². The lowest BCUT2D eigenvalue weighted by molar-refractivity contribution is 0.315. The molecule has 1 heterocycles. The van der Waals surface area contributed by atoms with Crippen molar-refractivity contribution in [3.8, 4) is 5.75 Å². The quantitative estimate of drug-likeness (QED) is 0.781. The number of nitrogens with two attached hydrogens (primary N) is 1. The van der Waals surface area contributed by atoms with Gasteiger partial charge in [-0.1, -0.05) is 18.2 Å². The normalized spacial score (nSPS) is 10.2. The maximum absolute atomic E-state index is 5.72. The van der Waals surface area contributed by atoms with Gasteiger partial charge in [0.2, 0.25) is 0 Å². The molecule has 2 rings (SSSR count). The van der Waals surface area contributed by atoms with Gasteiger partial charge in [0.15, 0.2) is 0 Å². The van der Waals surface area contributed by atoms with Crippen LogP contribution in [0.25, 0.3) is 0 Å². The Balaban J connectivity index is 1.68. The summed E-state index contributed by atoms with van der Waals surface area (Å²) >= 11 is 0. The molecule has 2 aromatic rings. The molecule has 4 heteroatoms. The second-order valence-electron chi connectivity index (χ2n) is 4.31. The standard InChI is InChI=1S/C15H19N3O/c1-12-14(16)8-9-15(18-12)17-10-5-11-19-13-6-3-2-4-7-13/h2-4,6-9H,5,10-11,16H2,1H3,(H,17,18). The number of pyridine rings is 1. The van der Waals surface area contributed by atoms with Gasteiger partial charge in [-0.15, -0.1) is 0 Å². The van der Waals surface area contributed by atoms with Crippen LogP contribution in [0.15, 0.2) is 42.5 Å². The van der Waals surface area contributed by atoms with Crippen LogP contribution in [-0.2, 0) is 0 Å². The molecule has 0 radical (unpaired) electrons. The first kappa shape index (κ1) is 13.2. The van der Waals surface area contributed by atoms with Crippen molar-refractivity contribution in [1.29, 1.82) is 0 Å². The van der Waals surface area contributed by atoms with Crippen LogP contribution in [0.2, 0.25) is 0 Å². The molecule has 0 bridgehead atoms. The first-order valence-electron chi connectivity index (χ1n) is 6.40. The first-order valence-corrected chi connectivity index (χ1v) is 6.40. The number of nitrogens with one attached hydrogen (secondary N) is 1. The van der Waals surface area contributed by atoms with Crippen LogP contribution in [-0.4, -0.2) is 18.1 Å². The lowest BCUT2D eigenvalue weighted by Gasteiger charge is -2.08. The number of ether oxygens (including phenoxy) is 1. The molecule has 4 nitrogen and oxygen atoms in total. The summed E-state index contributed by atoms with van der Waals surface area (Å²) in [6.45, 7) is 3.41. The zero-order chi connectivity index (χ0) is 13.5. The van der Waals surface area contributed by atoms with Gasteiger partial charge >= 0.3 is 0 Å². The Kier molecular flexibility index (Phi) is 4.61. The first-order chi connectivity index (χ1) is 9.25. The molecule has 0 aliphatic heterocycles. The molecule has 0 aliphatic carbocycles.